The highest BCUT2D eigenvalue weighted by molar-refractivity contribution is 7.68. The first-order valence-electron chi connectivity index (χ1n) is 5.04. The fraction of sp³-hybridized carbons (Fsp3) is 1.00. The molecule has 0 rings (SSSR count). The molecule has 0 bridgehead atoms. The van der Waals surface area contributed by atoms with Crippen LogP contribution in [0.4, 0.5) is 0 Å². The van der Waals surface area contributed by atoms with Crippen molar-refractivity contribution in [2.75, 3.05) is 35.5 Å². The minimum atomic E-state index is -2.73. The maximum atomic E-state index is 6.53. The molecular formula is C7H19Cl3O5Si3. The van der Waals surface area contributed by atoms with E-state index in [-0.39, 0.29) is 6.04 Å². The molecule has 0 aromatic heterocycles. The SMILES string of the molecule is COC(Cl)(C[Si](Cl)(OC)[SiH2][Si](Cl)(OC)OC)OC. The number of hydrogen-bond acceptors (Lipinski definition) is 5. The van der Waals surface area contributed by atoms with Crippen molar-refractivity contribution in [3.8, 4) is 0 Å². The molecule has 0 saturated heterocycles. The van der Waals surface area contributed by atoms with Gasteiger partial charge in [0.05, 0.1) is 0 Å². The Morgan fingerprint density at radius 1 is 0.944 bits per heavy atom. The maximum Gasteiger partial charge on any atom is 0.410 e. The fourth-order valence-corrected chi connectivity index (χ4v) is 33.2. The Balaban J connectivity index is 4.91. The first kappa shape index (κ1) is 19.3. The molecule has 0 aliphatic rings. The third-order valence-electron chi connectivity index (χ3n) is 2.54. The molecular weight excluding hydrogens is 355 g/mol. The van der Waals surface area contributed by atoms with Crippen molar-refractivity contribution in [2.45, 2.75) is 11.3 Å². The Labute approximate surface area is 126 Å². The van der Waals surface area contributed by atoms with Crippen LogP contribution in [-0.4, -0.2) is 63.9 Å². The number of rotatable bonds is 9. The van der Waals surface area contributed by atoms with Crippen LogP contribution in [0.2, 0.25) is 6.04 Å². The summed E-state index contributed by atoms with van der Waals surface area (Å²) in [5.74, 6) is 0. The molecule has 5 nitrogen and oxygen atoms in total. The zero-order valence-corrected chi connectivity index (χ0v) is 16.8. The summed E-state index contributed by atoms with van der Waals surface area (Å²) < 4.78 is 26.1. The molecule has 0 aromatic rings. The van der Waals surface area contributed by atoms with Crippen LogP contribution in [0.15, 0.2) is 0 Å². The summed E-state index contributed by atoms with van der Waals surface area (Å²) >= 11 is 18.9. The number of hydrogen-bond donors (Lipinski definition) is 0. The molecule has 0 spiro atoms. The second-order valence-corrected chi connectivity index (χ2v) is 26.1. The van der Waals surface area contributed by atoms with Crippen LogP contribution in [0.3, 0.4) is 0 Å². The number of ether oxygens (including phenoxy) is 2. The Hall–Kier alpha value is 1.32. The Morgan fingerprint density at radius 2 is 1.39 bits per heavy atom. The molecule has 0 N–H and O–H groups in total. The van der Waals surface area contributed by atoms with Crippen molar-refractivity contribution < 1.29 is 22.8 Å². The third-order valence-corrected chi connectivity index (χ3v) is 30.9. The monoisotopic (exact) mass is 372 g/mol. The number of halogens is 3. The van der Waals surface area contributed by atoms with Crippen LogP contribution in [0.1, 0.15) is 0 Å². The molecule has 0 aromatic carbocycles. The summed E-state index contributed by atoms with van der Waals surface area (Å²) in [7, 11) is 0.884. The molecule has 0 heterocycles. The van der Waals surface area contributed by atoms with Gasteiger partial charge >= 0.3 is 7.39 Å². The summed E-state index contributed by atoms with van der Waals surface area (Å²) in [4.78, 5) is 0. The highest BCUT2D eigenvalue weighted by Gasteiger charge is 2.52. The van der Waals surface area contributed by atoms with E-state index in [1.54, 1.807) is 0 Å². The van der Waals surface area contributed by atoms with E-state index in [2.05, 4.69) is 0 Å². The standard InChI is InChI=1S/C7H19Cl3O5Si3/c1-11-7(8,12-2)6-17(9,13-3)16-18(10,14-4)15-5/h6,16H2,1-5H3. The van der Waals surface area contributed by atoms with Crippen molar-refractivity contribution in [1.82, 2.24) is 0 Å². The molecule has 0 amide bonds. The van der Waals surface area contributed by atoms with Crippen molar-refractivity contribution in [3.63, 3.8) is 0 Å². The van der Waals surface area contributed by atoms with E-state index in [0.717, 1.165) is 0 Å². The zero-order chi connectivity index (χ0) is 14.4. The zero-order valence-electron chi connectivity index (χ0n) is 11.1. The first-order chi connectivity index (χ1) is 8.22. The average molecular weight is 374 g/mol. The smallest absolute Gasteiger partial charge is 0.409 e. The molecule has 0 aliphatic carbocycles. The highest BCUT2D eigenvalue weighted by atomic mass is 35.6. The lowest BCUT2D eigenvalue weighted by Gasteiger charge is -2.33. The molecule has 0 fully saturated rings. The minimum absolute atomic E-state index is 0.243. The Bertz CT molecular complexity index is 232. The van der Waals surface area contributed by atoms with E-state index < -0.39 is 28.3 Å². The molecule has 18 heavy (non-hydrogen) atoms. The summed E-state index contributed by atoms with van der Waals surface area (Å²) in [5, 5.41) is -1.30. The van der Waals surface area contributed by atoms with E-state index in [4.69, 9.17) is 56.5 Å². The number of alkyl halides is 1. The summed E-state index contributed by atoms with van der Waals surface area (Å²) in [6.07, 6.45) is 0. The van der Waals surface area contributed by atoms with E-state index in [9.17, 15) is 0 Å². The Morgan fingerprint density at radius 3 is 1.67 bits per heavy atom. The second kappa shape index (κ2) is 7.93. The lowest BCUT2D eigenvalue weighted by molar-refractivity contribution is -0.128. The van der Waals surface area contributed by atoms with Gasteiger partial charge in [-0.15, -0.1) is 22.2 Å². The van der Waals surface area contributed by atoms with Gasteiger partial charge in [-0.3, -0.25) is 0 Å². The largest absolute Gasteiger partial charge is 0.410 e. The van der Waals surface area contributed by atoms with Gasteiger partial charge in [0.2, 0.25) is 5.25 Å². The predicted octanol–water partition coefficient (Wildman–Crippen LogP) is 1.13. The van der Waals surface area contributed by atoms with Crippen LogP contribution >= 0.6 is 33.8 Å². The molecule has 1 atom stereocenters. The van der Waals surface area contributed by atoms with E-state index in [0.29, 0.717) is 0 Å². The lowest BCUT2D eigenvalue weighted by Crippen LogP contribution is -2.58. The van der Waals surface area contributed by atoms with Crippen LogP contribution < -0.4 is 0 Å². The van der Waals surface area contributed by atoms with Gasteiger partial charge in [-0.25, -0.2) is 0 Å². The molecule has 0 radical (unpaired) electrons. The van der Waals surface area contributed by atoms with E-state index >= 15 is 0 Å². The molecule has 0 saturated carbocycles. The van der Waals surface area contributed by atoms with Gasteiger partial charge in [-0.05, 0) is 0 Å². The van der Waals surface area contributed by atoms with Crippen LogP contribution in [0.5, 0.6) is 0 Å². The van der Waals surface area contributed by atoms with Gasteiger partial charge in [0.25, 0.3) is 7.14 Å². The summed E-state index contributed by atoms with van der Waals surface area (Å²) in [5.41, 5.74) is 0. The average Bonchev–Trinajstić information content (AvgIpc) is 2.38. The highest BCUT2D eigenvalue weighted by Crippen LogP contribution is 2.33. The van der Waals surface area contributed by atoms with Gasteiger partial charge in [0.1, 0.15) is 8.55 Å². The van der Waals surface area contributed by atoms with Gasteiger partial charge in [0, 0.05) is 41.6 Å². The van der Waals surface area contributed by atoms with Crippen molar-refractivity contribution in [3.05, 3.63) is 0 Å². The van der Waals surface area contributed by atoms with Crippen LogP contribution in [0.25, 0.3) is 0 Å². The summed E-state index contributed by atoms with van der Waals surface area (Å²) in [6, 6.07) is 0.243. The van der Waals surface area contributed by atoms with E-state index in [1.165, 1.54) is 35.5 Å². The van der Waals surface area contributed by atoms with E-state index in [1.807, 2.05) is 0 Å². The maximum absolute atomic E-state index is 6.53. The Kier molecular flexibility index (Phi) is 8.52. The minimum Gasteiger partial charge on any atom is -0.409 e. The third kappa shape index (κ3) is 5.75. The molecule has 0 aliphatic heterocycles. The topological polar surface area (TPSA) is 46.2 Å². The van der Waals surface area contributed by atoms with Crippen molar-refractivity contribution in [1.29, 1.82) is 0 Å². The number of methoxy groups -OCH3 is 2. The van der Waals surface area contributed by atoms with Crippen molar-refractivity contribution in [2.24, 2.45) is 0 Å². The fourth-order valence-electron chi connectivity index (χ4n) is 1.29. The van der Waals surface area contributed by atoms with Gasteiger partial charge in [-0.2, -0.15) is 0 Å². The molecule has 1 unspecified atom stereocenters. The van der Waals surface area contributed by atoms with Gasteiger partial charge < -0.3 is 22.8 Å². The van der Waals surface area contributed by atoms with Gasteiger partial charge in [-0.1, -0.05) is 11.6 Å². The molecule has 11 heteroatoms. The lowest BCUT2D eigenvalue weighted by atomic mass is 10.7. The molecule has 110 valence electrons. The normalized spacial score (nSPS) is 17.3. The summed E-state index contributed by atoms with van der Waals surface area (Å²) in [6.45, 7) is 0. The predicted molar refractivity (Wildman–Crippen MR) is 80.2 cm³/mol. The quantitative estimate of drug-likeness (QED) is 0.262. The van der Waals surface area contributed by atoms with Gasteiger partial charge in [0.15, 0.2) is 0 Å². The van der Waals surface area contributed by atoms with Crippen LogP contribution in [-0.2, 0) is 22.8 Å². The second-order valence-electron chi connectivity index (χ2n) is 3.58. The van der Waals surface area contributed by atoms with Crippen molar-refractivity contribution >= 4 is 56.8 Å². The first-order valence-corrected chi connectivity index (χ1v) is 16.0. The van der Waals surface area contributed by atoms with Crippen LogP contribution in [0, 0.1) is 0 Å².